The second kappa shape index (κ2) is 6.62. The number of hydrogen-bond donors (Lipinski definition) is 1. The Labute approximate surface area is 120 Å². The normalized spacial score (nSPS) is 12.4. The molecule has 0 saturated carbocycles. The number of benzene rings is 1. The summed E-state index contributed by atoms with van der Waals surface area (Å²) in [5, 5.41) is 3.44. The summed E-state index contributed by atoms with van der Waals surface area (Å²) >= 11 is 0. The molecular weight excluding hydrogens is 251 g/mol. The van der Waals surface area contributed by atoms with Gasteiger partial charge in [-0.05, 0) is 61.7 Å². The topological polar surface area (TPSA) is 24.9 Å². The summed E-state index contributed by atoms with van der Waals surface area (Å²) in [5.41, 5.74) is 3.70. The summed E-state index contributed by atoms with van der Waals surface area (Å²) in [6.07, 6.45) is 4.50. The van der Waals surface area contributed by atoms with Gasteiger partial charge in [0.05, 0.1) is 6.04 Å². The van der Waals surface area contributed by atoms with Crippen molar-refractivity contribution in [2.45, 2.75) is 33.2 Å². The Morgan fingerprint density at radius 1 is 1.20 bits per heavy atom. The Bertz CT molecular complexity index is 543. The van der Waals surface area contributed by atoms with E-state index in [4.69, 9.17) is 0 Å². The summed E-state index contributed by atoms with van der Waals surface area (Å²) < 4.78 is 14.4. The zero-order valence-corrected chi connectivity index (χ0v) is 12.3. The molecule has 0 amide bonds. The van der Waals surface area contributed by atoms with Crippen molar-refractivity contribution >= 4 is 0 Å². The number of pyridine rings is 1. The van der Waals surface area contributed by atoms with Crippen molar-refractivity contribution in [1.82, 2.24) is 10.3 Å². The van der Waals surface area contributed by atoms with E-state index in [0.717, 1.165) is 35.2 Å². The fraction of sp³-hybridized carbons (Fsp3) is 0.353. The van der Waals surface area contributed by atoms with E-state index in [0.29, 0.717) is 0 Å². The molecule has 2 nitrogen and oxygen atoms in total. The number of hydrogen-bond acceptors (Lipinski definition) is 2. The average molecular weight is 272 g/mol. The van der Waals surface area contributed by atoms with Crippen LogP contribution in [-0.2, 0) is 0 Å². The van der Waals surface area contributed by atoms with Gasteiger partial charge in [-0.25, -0.2) is 4.39 Å². The van der Waals surface area contributed by atoms with E-state index in [1.54, 1.807) is 18.5 Å². The molecule has 3 heteroatoms. The summed E-state index contributed by atoms with van der Waals surface area (Å²) in [6, 6.07) is 7.38. The zero-order chi connectivity index (χ0) is 14.5. The summed E-state index contributed by atoms with van der Waals surface area (Å²) in [6.45, 7) is 6.84. The van der Waals surface area contributed by atoms with Crippen molar-refractivity contribution in [3.05, 3.63) is 64.7 Å². The highest BCUT2D eigenvalue weighted by Crippen LogP contribution is 2.28. The third-order valence-electron chi connectivity index (χ3n) is 3.41. The number of halogens is 1. The van der Waals surface area contributed by atoms with Crippen LogP contribution in [-0.4, -0.2) is 11.5 Å². The number of nitrogens with one attached hydrogen (secondary N) is 1. The van der Waals surface area contributed by atoms with Crippen LogP contribution in [0.3, 0.4) is 0 Å². The molecule has 20 heavy (non-hydrogen) atoms. The lowest BCUT2D eigenvalue weighted by atomic mass is 9.93. The Morgan fingerprint density at radius 2 is 1.90 bits per heavy atom. The van der Waals surface area contributed by atoms with Gasteiger partial charge < -0.3 is 5.32 Å². The maximum Gasteiger partial charge on any atom is 0.128 e. The van der Waals surface area contributed by atoms with E-state index in [-0.39, 0.29) is 11.9 Å². The number of rotatable bonds is 5. The maximum absolute atomic E-state index is 14.4. The Balaban J connectivity index is 2.47. The van der Waals surface area contributed by atoms with Gasteiger partial charge in [0, 0.05) is 18.0 Å². The highest BCUT2D eigenvalue weighted by molar-refractivity contribution is 5.39. The van der Waals surface area contributed by atoms with Gasteiger partial charge in [0.15, 0.2) is 0 Å². The predicted octanol–water partition coefficient (Wildman–Crippen LogP) is 3.93. The van der Waals surface area contributed by atoms with Crippen LogP contribution in [0.2, 0.25) is 0 Å². The van der Waals surface area contributed by atoms with E-state index in [1.807, 2.05) is 32.0 Å². The molecule has 1 N–H and O–H groups in total. The second-order valence-electron chi connectivity index (χ2n) is 5.15. The smallest absolute Gasteiger partial charge is 0.128 e. The largest absolute Gasteiger partial charge is 0.306 e. The number of aromatic nitrogens is 1. The van der Waals surface area contributed by atoms with Gasteiger partial charge in [-0.3, -0.25) is 4.98 Å². The summed E-state index contributed by atoms with van der Waals surface area (Å²) in [4.78, 5) is 4.04. The lowest BCUT2D eigenvalue weighted by Gasteiger charge is -2.22. The highest BCUT2D eigenvalue weighted by atomic mass is 19.1. The van der Waals surface area contributed by atoms with Crippen LogP contribution in [0, 0.1) is 19.7 Å². The molecule has 0 aliphatic rings. The second-order valence-corrected chi connectivity index (χ2v) is 5.15. The first-order chi connectivity index (χ1) is 9.63. The van der Waals surface area contributed by atoms with E-state index >= 15 is 0 Å². The van der Waals surface area contributed by atoms with Crippen molar-refractivity contribution in [1.29, 1.82) is 0 Å². The van der Waals surface area contributed by atoms with Gasteiger partial charge in [0.2, 0.25) is 0 Å². The molecule has 1 aromatic heterocycles. The van der Waals surface area contributed by atoms with Gasteiger partial charge in [0.1, 0.15) is 5.82 Å². The van der Waals surface area contributed by atoms with Crippen molar-refractivity contribution in [3.8, 4) is 0 Å². The van der Waals surface area contributed by atoms with E-state index in [1.165, 1.54) is 0 Å². The van der Waals surface area contributed by atoms with Crippen LogP contribution < -0.4 is 5.32 Å². The van der Waals surface area contributed by atoms with Crippen LogP contribution in [0.5, 0.6) is 0 Å². The molecule has 0 spiro atoms. The molecule has 106 valence electrons. The van der Waals surface area contributed by atoms with Gasteiger partial charge in [-0.2, -0.15) is 0 Å². The molecule has 2 aromatic rings. The predicted molar refractivity (Wildman–Crippen MR) is 80.2 cm³/mol. The molecular formula is C17H21FN2. The van der Waals surface area contributed by atoms with Gasteiger partial charge >= 0.3 is 0 Å². The molecule has 0 aliphatic carbocycles. The first-order valence-corrected chi connectivity index (χ1v) is 7.03. The first kappa shape index (κ1) is 14.7. The standard InChI is InChI=1S/C17H21FN2/c1-4-7-20-17(14-5-8-19-9-6-14)16-13(3)10-12(2)11-15(16)18/h5-6,8-11,17,20H,4,7H2,1-3H3. The zero-order valence-electron chi connectivity index (χ0n) is 12.3. The minimum absolute atomic E-state index is 0.126. The van der Waals surface area contributed by atoms with Crippen molar-refractivity contribution in [3.63, 3.8) is 0 Å². The Hall–Kier alpha value is -1.74. The lowest BCUT2D eigenvalue weighted by molar-refractivity contribution is 0.543. The van der Waals surface area contributed by atoms with Gasteiger partial charge in [-0.1, -0.05) is 13.0 Å². The van der Waals surface area contributed by atoms with Crippen LogP contribution in [0.1, 0.15) is 41.6 Å². The van der Waals surface area contributed by atoms with Gasteiger partial charge in [-0.15, -0.1) is 0 Å². The molecule has 1 unspecified atom stereocenters. The first-order valence-electron chi connectivity index (χ1n) is 7.03. The van der Waals surface area contributed by atoms with E-state index in [2.05, 4.69) is 17.2 Å². The van der Waals surface area contributed by atoms with Crippen LogP contribution in [0.25, 0.3) is 0 Å². The summed E-state index contributed by atoms with van der Waals surface area (Å²) in [5.74, 6) is -0.145. The third kappa shape index (κ3) is 3.23. The summed E-state index contributed by atoms with van der Waals surface area (Å²) in [7, 11) is 0. The lowest BCUT2D eigenvalue weighted by Crippen LogP contribution is -2.25. The quantitative estimate of drug-likeness (QED) is 0.892. The SMILES string of the molecule is CCCNC(c1ccncc1)c1c(C)cc(C)cc1F. The highest BCUT2D eigenvalue weighted by Gasteiger charge is 2.19. The fourth-order valence-electron chi connectivity index (χ4n) is 2.52. The van der Waals surface area contributed by atoms with E-state index < -0.39 is 0 Å². The molecule has 0 saturated heterocycles. The Morgan fingerprint density at radius 3 is 2.50 bits per heavy atom. The number of aryl methyl sites for hydroxylation is 2. The fourth-order valence-corrected chi connectivity index (χ4v) is 2.52. The molecule has 1 heterocycles. The number of nitrogens with zero attached hydrogens (tertiary/aromatic N) is 1. The molecule has 2 rings (SSSR count). The van der Waals surface area contributed by atoms with Crippen LogP contribution in [0.4, 0.5) is 4.39 Å². The van der Waals surface area contributed by atoms with Crippen LogP contribution in [0.15, 0.2) is 36.7 Å². The molecule has 0 aliphatic heterocycles. The van der Waals surface area contributed by atoms with Crippen molar-refractivity contribution in [2.24, 2.45) is 0 Å². The van der Waals surface area contributed by atoms with Crippen molar-refractivity contribution in [2.75, 3.05) is 6.54 Å². The maximum atomic E-state index is 14.4. The van der Waals surface area contributed by atoms with Gasteiger partial charge in [0.25, 0.3) is 0 Å². The molecule has 1 atom stereocenters. The third-order valence-corrected chi connectivity index (χ3v) is 3.41. The van der Waals surface area contributed by atoms with E-state index in [9.17, 15) is 4.39 Å². The average Bonchev–Trinajstić information content (AvgIpc) is 2.42. The molecule has 0 bridgehead atoms. The minimum Gasteiger partial charge on any atom is -0.306 e. The monoisotopic (exact) mass is 272 g/mol. The van der Waals surface area contributed by atoms with Crippen molar-refractivity contribution < 1.29 is 4.39 Å². The van der Waals surface area contributed by atoms with Crippen LogP contribution >= 0.6 is 0 Å². The molecule has 1 aromatic carbocycles. The molecule has 0 fully saturated rings. The molecule has 0 radical (unpaired) electrons. The minimum atomic E-state index is -0.145. The Kier molecular flexibility index (Phi) is 4.85.